The van der Waals surface area contributed by atoms with Crippen LogP contribution in [0.1, 0.15) is 11.1 Å². The fourth-order valence-electron chi connectivity index (χ4n) is 3.74. The van der Waals surface area contributed by atoms with Crippen molar-refractivity contribution < 1.29 is 14.3 Å². The van der Waals surface area contributed by atoms with Gasteiger partial charge < -0.3 is 14.8 Å². The van der Waals surface area contributed by atoms with Gasteiger partial charge in [0.2, 0.25) is 5.91 Å². The second-order valence-corrected chi connectivity index (χ2v) is 7.28. The quantitative estimate of drug-likeness (QED) is 0.882. The van der Waals surface area contributed by atoms with Crippen LogP contribution in [0.4, 0.5) is 0 Å². The number of rotatable bonds is 5. The van der Waals surface area contributed by atoms with Crippen LogP contribution in [-0.2, 0) is 22.5 Å². The molecule has 2 aliphatic heterocycles. The second kappa shape index (κ2) is 8.55. The fraction of sp³-hybridized carbons (Fsp3) is 0.409. The molecule has 2 aliphatic rings. The molecule has 1 amide bonds. The Hall–Kier alpha value is -2.37. The molecule has 4 rings (SSSR count). The van der Waals surface area contributed by atoms with E-state index in [0.29, 0.717) is 19.8 Å². The average molecular weight is 366 g/mol. The van der Waals surface area contributed by atoms with Gasteiger partial charge in [-0.05, 0) is 23.6 Å². The predicted octanol–water partition coefficient (Wildman–Crippen LogP) is 2.25. The van der Waals surface area contributed by atoms with Gasteiger partial charge in [-0.15, -0.1) is 0 Å². The van der Waals surface area contributed by atoms with Crippen molar-refractivity contribution in [3.05, 3.63) is 65.7 Å². The Morgan fingerprint density at radius 1 is 1.11 bits per heavy atom. The molecule has 1 N–H and O–H groups in total. The minimum absolute atomic E-state index is 0.0307. The monoisotopic (exact) mass is 366 g/mol. The van der Waals surface area contributed by atoms with Gasteiger partial charge in [0.15, 0.2) is 0 Å². The molecule has 5 heteroatoms. The van der Waals surface area contributed by atoms with Gasteiger partial charge in [0, 0.05) is 26.2 Å². The highest BCUT2D eigenvalue weighted by Crippen LogP contribution is 2.26. The predicted molar refractivity (Wildman–Crippen MR) is 104 cm³/mol. The molecule has 27 heavy (non-hydrogen) atoms. The van der Waals surface area contributed by atoms with Crippen molar-refractivity contribution in [1.29, 1.82) is 0 Å². The molecule has 0 spiro atoms. The number of nitrogens with zero attached hydrogens (tertiary/aromatic N) is 1. The minimum atomic E-state index is -0.135. The first-order chi connectivity index (χ1) is 13.3. The Labute approximate surface area is 160 Å². The molecule has 5 nitrogen and oxygen atoms in total. The lowest BCUT2D eigenvalue weighted by molar-refractivity contribution is -0.127. The summed E-state index contributed by atoms with van der Waals surface area (Å²) in [6.07, 6.45) is 0.761. The maximum absolute atomic E-state index is 12.6. The first kappa shape index (κ1) is 18.0. The lowest BCUT2D eigenvalue weighted by atomic mass is 9.96. The Balaban J connectivity index is 1.25. The van der Waals surface area contributed by atoms with Gasteiger partial charge in [-0.1, -0.05) is 48.5 Å². The van der Waals surface area contributed by atoms with Crippen LogP contribution in [-0.4, -0.2) is 49.8 Å². The maximum Gasteiger partial charge on any atom is 0.226 e. The van der Waals surface area contributed by atoms with Crippen LogP contribution in [0.2, 0.25) is 0 Å². The smallest absolute Gasteiger partial charge is 0.226 e. The summed E-state index contributed by atoms with van der Waals surface area (Å²) < 4.78 is 11.6. The van der Waals surface area contributed by atoms with Crippen LogP contribution in [0.25, 0.3) is 0 Å². The molecular weight excluding hydrogens is 340 g/mol. The van der Waals surface area contributed by atoms with Crippen LogP contribution >= 0.6 is 0 Å². The lowest BCUT2D eigenvalue weighted by Gasteiger charge is -2.33. The van der Waals surface area contributed by atoms with Crippen molar-refractivity contribution in [3.8, 4) is 5.75 Å². The highest BCUT2D eigenvalue weighted by atomic mass is 16.5. The van der Waals surface area contributed by atoms with Gasteiger partial charge in [0.05, 0.1) is 18.6 Å². The van der Waals surface area contributed by atoms with E-state index in [1.807, 2.05) is 30.3 Å². The summed E-state index contributed by atoms with van der Waals surface area (Å²) in [4.78, 5) is 14.9. The highest BCUT2D eigenvalue weighted by Gasteiger charge is 2.27. The molecule has 2 aromatic rings. The summed E-state index contributed by atoms with van der Waals surface area (Å²) in [5.74, 6) is 0.811. The number of carbonyl (C=O) groups excluding carboxylic acids is 1. The molecule has 0 aromatic heterocycles. The van der Waals surface area contributed by atoms with Gasteiger partial charge in [0.1, 0.15) is 12.4 Å². The molecule has 2 unspecified atom stereocenters. The zero-order valence-electron chi connectivity index (χ0n) is 15.5. The number of hydrogen-bond donors (Lipinski definition) is 1. The zero-order chi connectivity index (χ0) is 18.5. The molecule has 142 valence electrons. The van der Waals surface area contributed by atoms with E-state index in [1.165, 1.54) is 5.56 Å². The Kier molecular flexibility index (Phi) is 5.70. The van der Waals surface area contributed by atoms with Gasteiger partial charge in [-0.25, -0.2) is 0 Å². The second-order valence-electron chi connectivity index (χ2n) is 7.28. The van der Waals surface area contributed by atoms with E-state index < -0.39 is 0 Å². The van der Waals surface area contributed by atoms with Crippen LogP contribution in [0.5, 0.6) is 5.75 Å². The Morgan fingerprint density at radius 2 is 1.93 bits per heavy atom. The third-order valence-electron chi connectivity index (χ3n) is 5.23. The van der Waals surface area contributed by atoms with Crippen molar-refractivity contribution in [2.45, 2.75) is 19.1 Å². The van der Waals surface area contributed by atoms with Crippen molar-refractivity contribution in [3.63, 3.8) is 0 Å². The van der Waals surface area contributed by atoms with Gasteiger partial charge in [0.25, 0.3) is 0 Å². The largest absolute Gasteiger partial charge is 0.492 e. The summed E-state index contributed by atoms with van der Waals surface area (Å²) in [6, 6.07) is 18.4. The summed E-state index contributed by atoms with van der Waals surface area (Å²) in [6.45, 7) is 4.36. The Bertz CT molecular complexity index is 765. The summed E-state index contributed by atoms with van der Waals surface area (Å²) in [5, 5.41) is 3.07. The number of nitrogens with one attached hydrogen (secondary N) is 1. The number of para-hydroxylation sites is 1. The third-order valence-corrected chi connectivity index (χ3v) is 5.23. The zero-order valence-corrected chi connectivity index (χ0v) is 15.5. The molecule has 0 aliphatic carbocycles. The number of hydrogen-bond acceptors (Lipinski definition) is 4. The minimum Gasteiger partial charge on any atom is -0.492 e. The van der Waals surface area contributed by atoms with E-state index in [0.717, 1.165) is 37.4 Å². The number of carbonyl (C=O) groups is 1. The molecule has 2 aromatic carbocycles. The number of fused-ring (bicyclic) bond motifs is 1. The molecule has 0 bridgehead atoms. The molecule has 1 fully saturated rings. The van der Waals surface area contributed by atoms with Gasteiger partial charge >= 0.3 is 0 Å². The lowest BCUT2D eigenvalue weighted by Crippen LogP contribution is -2.48. The van der Waals surface area contributed by atoms with Crippen molar-refractivity contribution in [2.24, 2.45) is 5.92 Å². The van der Waals surface area contributed by atoms with Crippen LogP contribution in [0.15, 0.2) is 54.6 Å². The van der Waals surface area contributed by atoms with Crippen LogP contribution in [0.3, 0.4) is 0 Å². The SMILES string of the molecule is O=C(NCC1CN(Cc2ccccc2)CCO1)C1COc2ccccc2C1. The van der Waals surface area contributed by atoms with E-state index in [2.05, 4.69) is 34.5 Å². The standard InChI is InChI=1S/C22H26N2O3/c25-22(19-12-18-8-4-5-9-21(18)27-16-19)23-13-20-15-24(10-11-26-20)14-17-6-2-1-3-7-17/h1-9,19-20H,10-16H2,(H,23,25). The first-order valence-corrected chi connectivity index (χ1v) is 9.64. The number of ether oxygens (including phenoxy) is 2. The molecule has 2 heterocycles. The Morgan fingerprint density at radius 3 is 2.81 bits per heavy atom. The normalized spacial score (nSPS) is 22.5. The summed E-state index contributed by atoms with van der Waals surface area (Å²) in [5.41, 5.74) is 2.41. The van der Waals surface area contributed by atoms with Crippen molar-refractivity contribution >= 4 is 5.91 Å². The topological polar surface area (TPSA) is 50.8 Å². The number of benzene rings is 2. The molecule has 2 atom stereocenters. The van der Waals surface area contributed by atoms with Crippen molar-refractivity contribution in [2.75, 3.05) is 32.8 Å². The van der Waals surface area contributed by atoms with Crippen molar-refractivity contribution in [1.82, 2.24) is 10.2 Å². The summed E-state index contributed by atoms with van der Waals surface area (Å²) in [7, 11) is 0. The molecule has 1 saturated heterocycles. The van der Waals surface area contributed by atoms with E-state index in [9.17, 15) is 4.79 Å². The molecule has 0 saturated carbocycles. The molecular formula is C22H26N2O3. The first-order valence-electron chi connectivity index (χ1n) is 9.64. The average Bonchev–Trinajstić information content (AvgIpc) is 2.73. The number of morpholine rings is 1. The van der Waals surface area contributed by atoms with Gasteiger partial charge in [-0.3, -0.25) is 9.69 Å². The molecule has 0 radical (unpaired) electrons. The third kappa shape index (κ3) is 4.67. The maximum atomic E-state index is 12.6. The van der Waals surface area contributed by atoms with E-state index in [1.54, 1.807) is 0 Å². The summed E-state index contributed by atoms with van der Waals surface area (Å²) >= 11 is 0. The van der Waals surface area contributed by atoms with Gasteiger partial charge in [-0.2, -0.15) is 0 Å². The highest BCUT2D eigenvalue weighted by molar-refractivity contribution is 5.79. The van der Waals surface area contributed by atoms with E-state index in [-0.39, 0.29) is 17.9 Å². The fourth-order valence-corrected chi connectivity index (χ4v) is 3.74. The van der Waals surface area contributed by atoms with E-state index >= 15 is 0 Å². The van der Waals surface area contributed by atoms with E-state index in [4.69, 9.17) is 9.47 Å². The van der Waals surface area contributed by atoms with Crippen LogP contribution in [0, 0.1) is 5.92 Å². The number of amides is 1. The van der Waals surface area contributed by atoms with Crippen LogP contribution < -0.4 is 10.1 Å².